The third-order valence-electron chi connectivity index (χ3n) is 4.96. The lowest BCUT2D eigenvalue weighted by Gasteiger charge is -2.21. The molecular formula is C22H22N2O3. The summed E-state index contributed by atoms with van der Waals surface area (Å²) < 4.78 is 11.4. The number of amides is 1. The minimum Gasteiger partial charge on any atom is -0.488 e. The molecule has 1 aliphatic heterocycles. The van der Waals surface area contributed by atoms with E-state index in [0.29, 0.717) is 23.6 Å². The van der Waals surface area contributed by atoms with E-state index in [1.54, 1.807) is 4.90 Å². The van der Waals surface area contributed by atoms with Gasteiger partial charge in [0.25, 0.3) is 5.91 Å². The predicted octanol–water partition coefficient (Wildman–Crippen LogP) is 4.77. The summed E-state index contributed by atoms with van der Waals surface area (Å²) in [6.45, 7) is 6.90. The topological polar surface area (TPSA) is 55.6 Å². The van der Waals surface area contributed by atoms with E-state index in [0.717, 1.165) is 29.0 Å². The molecule has 5 nitrogen and oxygen atoms in total. The van der Waals surface area contributed by atoms with Gasteiger partial charge >= 0.3 is 0 Å². The molecule has 0 atom stereocenters. The maximum absolute atomic E-state index is 13.2. The van der Waals surface area contributed by atoms with Gasteiger partial charge in [0.15, 0.2) is 11.5 Å². The molecule has 0 fully saturated rings. The van der Waals surface area contributed by atoms with Gasteiger partial charge in [-0.1, -0.05) is 35.8 Å². The number of aryl methyl sites for hydroxylation is 2. The van der Waals surface area contributed by atoms with Gasteiger partial charge in [-0.05, 0) is 50.1 Å². The fourth-order valence-electron chi connectivity index (χ4n) is 3.40. The van der Waals surface area contributed by atoms with E-state index in [-0.39, 0.29) is 12.5 Å². The Morgan fingerprint density at radius 3 is 2.63 bits per heavy atom. The average Bonchev–Trinajstić information content (AvgIpc) is 3.13. The van der Waals surface area contributed by atoms with Crippen LogP contribution in [0, 0.1) is 6.92 Å². The number of hydrogen-bond donors (Lipinski definition) is 0. The number of rotatable bonds is 4. The first-order chi connectivity index (χ1) is 13.1. The maximum atomic E-state index is 13.2. The minimum absolute atomic E-state index is 0.175. The molecule has 3 aromatic rings. The zero-order valence-electron chi connectivity index (χ0n) is 15.8. The van der Waals surface area contributed by atoms with Crippen LogP contribution in [0.5, 0.6) is 5.75 Å². The molecule has 27 heavy (non-hydrogen) atoms. The third-order valence-corrected chi connectivity index (χ3v) is 4.96. The largest absolute Gasteiger partial charge is 0.488 e. The van der Waals surface area contributed by atoms with Crippen LogP contribution in [0.15, 0.2) is 47.0 Å². The summed E-state index contributed by atoms with van der Waals surface area (Å²) in [6, 6.07) is 13.9. The first kappa shape index (κ1) is 17.3. The smallest absolute Gasteiger partial charge is 0.280 e. The number of aromatic nitrogens is 1. The van der Waals surface area contributed by atoms with Crippen molar-refractivity contribution < 1.29 is 14.1 Å². The van der Waals surface area contributed by atoms with Crippen LogP contribution >= 0.6 is 0 Å². The van der Waals surface area contributed by atoms with Crippen LogP contribution in [-0.4, -0.2) is 17.6 Å². The van der Waals surface area contributed by atoms with Crippen LogP contribution in [0.4, 0.5) is 5.69 Å². The van der Waals surface area contributed by atoms with Crippen molar-refractivity contribution in [1.29, 1.82) is 0 Å². The lowest BCUT2D eigenvalue weighted by Crippen LogP contribution is -2.31. The van der Waals surface area contributed by atoms with Crippen LogP contribution in [0.1, 0.15) is 41.0 Å². The first-order valence-corrected chi connectivity index (χ1v) is 9.25. The van der Waals surface area contributed by atoms with Crippen molar-refractivity contribution in [2.45, 2.75) is 33.8 Å². The van der Waals surface area contributed by atoms with Gasteiger partial charge in [0, 0.05) is 12.2 Å². The lowest BCUT2D eigenvalue weighted by atomic mass is 10.0. The van der Waals surface area contributed by atoms with Gasteiger partial charge in [0.2, 0.25) is 0 Å². The van der Waals surface area contributed by atoms with Crippen LogP contribution < -0.4 is 9.64 Å². The van der Waals surface area contributed by atoms with Crippen molar-refractivity contribution in [2.24, 2.45) is 0 Å². The Morgan fingerprint density at radius 1 is 1.15 bits per heavy atom. The molecule has 0 aliphatic carbocycles. The van der Waals surface area contributed by atoms with E-state index < -0.39 is 0 Å². The van der Waals surface area contributed by atoms with Crippen LogP contribution in [0.2, 0.25) is 0 Å². The summed E-state index contributed by atoms with van der Waals surface area (Å²) in [5.41, 5.74) is 5.06. The molecule has 0 saturated carbocycles. The highest BCUT2D eigenvalue weighted by Gasteiger charge is 2.31. The second-order valence-corrected chi connectivity index (χ2v) is 6.70. The van der Waals surface area contributed by atoms with E-state index in [9.17, 15) is 4.79 Å². The molecule has 0 N–H and O–H groups in total. The molecule has 2 aromatic carbocycles. The zero-order valence-corrected chi connectivity index (χ0v) is 15.8. The van der Waals surface area contributed by atoms with Gasteiger partial charge in [-0.25, -0.2) is 0 Å². The van der Waals surface area contributed by atoms with E-state index in [1.807, 2.05) is 56.3 Å². The summed E-state index contributed by atoms with van der Waals surface area (Å²) in [4.78, 5) is 14.9. The SMILES string of the molecule is CCc1ccc(N(CC)C(=O)c2noc3c2COc2ccc(C)cc2-3)cc1. The van der Waals surface area contributed by atoms with Crippen molar-refractivity contribution >= 4 is 11.6 Å². The molecule has 0 saturated heterocycles. The molecule has 0 unspecified atom stereocenters. The number of carbonyl (C=O) groups excluding carboxylic acids is 1. The van der Waals surface area contributed by atoms with E-state index in [1.165, 1.54) is 5.56 Å². The number of anilines is 1. The van der Waals surface area contributed by atoms with Gasteiger partial charge in [-0.15, -0.1) is 0 Å². The Hall–Kier alpha value is -3.08. The molecule has 0 radical (unpaired) electrons. The van der Waals surface area contributed by atoms with Gasteiger partial charge < -0.3 is 14.2 Å². The number of fused-ring (bicyclic) bond motifs is 3. The third kappa shape index (κ3) is 2.99. The normalized spacial score (nSPS) is 12.1. The number of nitrogens with zero attached hydrogens (tertiary/aromatic N) is 2. The molecule has 1 amide bonds. The monoisotopic (exact) mass is 362 g/mol. The Labute approximate surface area is 158 Å². The highest BCUT2D eigenvalue weighted by atomic mass is 16.5. The van der Waals surface area contributed by atoms with Crippen LogP contribution in [0.3, 0.4) is 0 Å². The van der Waals surface area contributed by atoms with Crippen molar-refractivity contribution in [2.75, 3.05) is 11.4 Å². The summed E-state index contributed by atoms with van der Waals surface area (Å²) in [5.74, 6) is 1.21. The van der Waals surface area contributed by atoms with Crippen LogP contribution in [0.25, 0.3) is 11.3 Å². The molecule has 1 aromatic heterocycles. The van der Waals surface area contributed by atoms with Gasteiger partial charge in [0.1, 0.15) is 12.4 Å². The second-order valence-electron chi connectivity index (χ2n) is 6.70. The second kappa shape index (κ2) is 6.91. The molecule has 138 valence electrons. The molecular weight excluding hydrogens is 340 g/mol. The lowest BCUT2D eigenvalue weighted by molar-refractivity contribution is 0.0977. The highest BCUT2D eigenvalue weighted by molar-refractivity contribution is 6.06. The van der Waals surface area contributed by atoms with Crippen molar-refractivity contribution in [1.82, 2.24) is 5.16 Å². The standard InChI is InChI=1S/C22H22N2O3/c1-4-15-7-9-16(10-8-15)24(5-2)22(25)20-18-13-26-19-11-6-14(3)12-17(19)21(18)27-23-20/h6-12H,4-5,13H2,1-3H3. The maximum Gasteiger partial charge on any atom is 0.280 e. The summed E-state index contributed by atoms with van der Waals surface area (Å²) in [7, 11) is 0. The first-order valence-electron chi connectivity index (χ1n) is 9.25. The fraction of sp³-hybridized carbons (Fsp3) is 0.273. The van der Waals surface area contributed by atoms with Gasteiger partial charge in [0.05, 0.1) is 11.1 Å². The van der Waals surface area contributed by atoms with Gasteiger partial charge in [-0.2, -0.15) is 0 Å². The number of ether oxygens (including phenoxy) is 1. The summed E-state index contributed by atoms with van der Waals surface area (Å²) in [5, 5.41) is 4.11. The minimum atomic E-state index is -0.175. The zero-order chi connectivity index (χ0) is 19.0. The molecule has 4 rings (SSSR count). The molecule has 0 spiro atoms. The van der Waals surface area contributed by atoms with Crippen molar-refractivity contribution in [3.8, 4) is 17.1 Å². The fourth-order valence-corrected chi connectivity index (χ4v) is 3.40. The average molecular weight is 362 g/mol. The molecule has 5 heteroatoms. The van der Waals surface area contributed by atoms with E-state index in [2.05, 4.69) is 12.1 Å². The summed E-state index contributed by atoms with van der Waals surface area (Å²) in [6.07, 6.45) is 0.966. The van der Waals surface area contributed by atoms with E-state index in [4.69, 9.17) is 9.26 Å². The van der Waals surface area contributed by atoms with Crippen molar-refractivity contribution in [3.63, 3.8) is 0 Å². The summed E-state index contributed by atoms with van der Waals surface area (Å²) >= 11 is 0. The number of carbonyl (C=O) groups is 1. The molecule has 0 bridgehead atoms. The van der Waals surface area contributed by atoms with Crippen LogP contribution in [-0.2, 0) is 13.0 Å². The Kier molecular flexibility index (Phi) is 4.44. The molecule has 2 heterocycles. The number of hydrogen-bond acceptors (Lipinski definition) is 4. The van der Waals surface area contributed by atoms with Crippen molar-refractivity contribution in [3.05, 3.63) is 64.8 Å². The Morgan fingerprint density at radius 2 is 1.93 bits per heavy atom. The van der Waals surface area contributed by atoms with Gasteiger partial charge in [-0.3, -0.25) is 4.79 Å². The van der Waals surface area contributed by atoms with E-state index >= 15 is 0 Å². The molecule has 1 aliphatic rings. The Balaban J connectivity index is 1.70. The number of benzene rings is 2. The predicted molar refractivity (Wildman–Crippen MR) is 104 cm³/mol. The quantitative estimate of drug-likeness (QED) is 0.671. The highest BCUT2D eigenvalue weighted by Crippen LogP contribution is 2.39. The Bertz CT molecular complexity index is 989.